The van der Waals surface area contributed by atoms with Crippen molar-refractivity contribution in [1.82, 2.24) is 15.2 Å². The third-order valence-corrected chi connectivity index (χ3v) is 2.37. The average Bonchev–Trinajstić information content (AvgIpc) is 2.70. The Morgan fingerprint density at radius 3 is 2.94 bits per heavy atom. The van der Waals surface area contributed by atoms with Crippen LogP contribution in [0.3, 0.4) is 0 Å². The van der Waals surface area contributed by atoms with E-state index in [1.54, 1.807) is 18.2 Å². The fourth-order valence-electron chi connectivity index (χ4n) is 1.40. The van der Waals surface area contributed by atoms with Crippen LogP contribution in [0.15, 0.2) is 18.2 Å². The summed E-state index contributed by atoms with van der Waals surface area (Å²) in [5, 5.41) is 6.71. The van der Waals surface area contributed by atoms with E-state index in [0.717, 1.165) is 0 Å². The van der Waals surface area contributed by atoms with E-state index >= 15 is 0 Å². The van der Waals surface area contributed by atoms with E-state index in [2.05, 4.69) is 19.9 Å². The summed E-state index contributed by atoms with van der Waals surface area (Å²) in [4.78, 5) is 15.6. The van der Waals surface area contributed by atoms with Gasteiger partial charge in [0, 0.05) is 0 Å². The van der Waals surface area contributed by atoms with Crippen LogP contribution < -0.4 is 5.73 Å². The lowest BCUT2D eigenvalue weighted by Crippen LogP contribution is -2.05. The zero-order valence-electron chi connectivity index (χ0n) is 8.90. The average molecular weight is 253 g/mol. The summed E-state index contributed by atoms with van der Waals surface area (Å²) < 4.78 is 4.63. The monoisotopic (exact) mass is 252 g/mol. The van der Waals surface area contributed by atoms with Gasteiger partial charge in [0.15, 0.2) is 5.82 Å². The van der Waals surface area contributed by atoms with Gasteiger partial charge in [-0.3, -0.25) is 5.10 Å². The number of hydrogen-bond donors (Lipinski definition) is 2. The molecule has 7 heteroatoms. The number of carbonyl (C=O) groups excluding carboxylic acids is 1. The van der Waals surface area contributed by atoms with E-state index < -0.39 is 5.97 Å². The summed E-state index contributed by atoms with van der Waals surface area (Å²) in [5.41, 5.74) is 6.60. The Kier molecular flexibility index (Phi) is 2.97. The molecule has 2 heterocycles. The number of hydrogen-bond acceptors (Lipinski definition) is 5. The Balaban J connectivity index is 2.57. The van der Waals surface area contributed by atoms with E-state index in [1.807, 2.05) is 0 Å². The zero-order chi connectivity index (χ0) is 12.4. The molecule has 0 atom stereocenters. The number of anilines is 1. The lowest BCUT2D eigenvalue weighted by atomic mass is 10.1. The summed E-state index contributed by atoms with van der Waals surface area (Å²) in [5.74, 6) is -0.512. The van der Waals surface area contributed by atoms with Crippen LogP contribution in [-0.2, 0) is 4.74 Å². The van der Waals surface area contributed by atoms with Crippen LogP contribution in [-0.4, -0.2) is 28.3 Å². The van der Waals surface area contributed by atoms with E-state index in [0.29, 0.717) is 16.5 Å². The topological polar surface area (TPSA) is 93.9 Å². The van der Waals surface area contributed by atoms with Crippen molar-refractivity contribution >= 4 is 23.4 Å². The fourth-order valence-corrected chi connectivity index (χ4v) is 1.56. The minimum atomic E-state index is -0.576. The largest absolute Gasteiger partial charge is 0.465 e. The van der Waals surface area contributed by atoms with Crippen LogP contribution >= 0.6 is 11.6 Å². The predicted molar refractivity (Wildman–Crippen MR) is 62.6 cm³/mol. The molecule has 0 aliphatic heterocycles. The number of ether oxygens (including phenoxy) is 1. The first-order valence-electron chi connectivity index (χ1n) is 4.68. The van der Waals surface area contributed by atoms with Crippen molar-refractivity contribution in [3.63, 3.8) is 0 Å². The number of halogens is 1. The van der Waals surface area contributed by atoms with Gasteiger partial charge in [-0.15, -0.1) is 0 Å². The SMILES string of the molecule is COC(=O)c1c(N)n[nH]c1-c1cccc(Cl)n1. The second-order valence-corrected chi connectivity index (χ2v) is 3.58. The van der Waals surface area contributed by atoms with E-state index in [4.69, 9.17) is 17.3 Å². The number of nitrogen functional groups attached to an aromatic ring is 1. The molecular formula is C10H9ClN4O2. The highest BCUT2D eigenvalue weighted by atomic mass is 35.5. The molecule has 2 rings (SSSR count). The molecule has 0 aromatic carbocycles. The molecule has 17 heavy (non-hydrogen) atoms. The van der Waals surface area contributed by atoms with Gasteiger partial charge >= 0.3 is 5.97 Å². The molecule has 2 aromatic rings. The Morgan fingerprint density at radius 1 is 1.53 bits per heavy atom. The first kappa shape index (κ1) is 11.4. The quantitative estimate of drug-likeness (QED) is 0.624. The summed E-state index contributed by atoms with van der Waals surface area (Å²) >= 11 is 5.77. The van der Waals surface area contributed by atoms with Crippen molar-refractivity contribution < 1.29 is 9.53 Å². The molecule has 88 valence electrons. The van der Waals surface area contributed by atoms with Crippen molar-refractivity contribution in [3.8, 4) is 11.4 Å². The normalized spacial score (nSPS) is 10.2. The molecular weight excluding hydrogens is 244 g/mol. The lowest BCUT2D eigenvalue weighted by Gasteiger charge is -2.02. The Bertz CT molecular complexity index is 567. The maximum absolute atomic E-state index is 11.6. The molecule has 0 radical (unpaired) electrons. The highest BCUT2D eigenvalue weighted by Gasteiger charge is 2.21. The zero-order valence-corrected chi connectivity index (χ0v) is 9.65. The number of esters is 1. The number of aromatic amines is 1. The van der Waals surface area contributed by atoms with Crippen molar-refractivity contribution in [2.24, 2.45) is 0 Å². The number of carbonyl (C=O) groups is 1. The van der Waals surface area contributed by atoms with Gasteiger partial charge in [-0.05, 0) is 12.1 Å². The van der Waals surface area contributed by atoms with Crippen molar-refractivity contribution in [1.29, 1.82) is 0 Å². The number of methoxy groups -OCH3 is 1. The molecule has 0 saturated carbocycles. The highest BCUT2D eigenvalue weighted by molar-refractivity contribution is 6.29. The van der Waals surface area contributed by atoms with Crippen LogP contribution in [0, 0.1) is 0 Å². The van der Waals surface area contributed by atoms with E-state index in [-0.39, 0.29) is 11.4 Å². The first-order valence-corrected chi connectivity index (χ1v) is 5.06. The second-order valence-electron chi connectivity index (χ2n) is 3.20. The van der Waals surface area contributed by atoms with E-state index in [9.17, 15) is 4.79 Å². The van der Waals surface area contributed by atoms with Gasteiger partial charge in [-0.2, -0.15) is 5.10 Å². The molecule has 2 aromatic heterocycles. The first-order chi connectivity index (χ1) is 8.13. The number of rotatable bonds is 2. The maximum atomic E-state index is 11.6. The Morgan fingerprint density at radius 2 is 2.29 bits per heavy atom. The number of aromatic nitrogens is 3. The number of nitrogens with one attached hydrogen (secondary N) is 1. The Hall–Kier alpha value is -2.08. The van der Waals surface area contributed by atoms with Crippen LogP contribution in [0.2, 0.25) is 5.15 Å². The molecule has 0 spiro atoms. The van der Waals surface area contributed by atoms with Crippen molar-refractivity contribution in [2.45, 2.75) is 0 Å². The van der Waals surface area contributed by atoms with Crippen LogP contribution in [0.1, 0.15) is 10.4 Å². The van der Waals surface area contributed by atoms with Gasteiger partial charge in [0.25, 0.3) is 0 Å². The van der Waals surface area contributed by atoms with Crippen LogP contribution in [0.25, 0.3) is 11.4 Å². The molecule has 3 N–H and O–H groups in total. The molecule has 0 bridgehead atoms. The second kappa shape index (κ2) is 4.42. The number of nitrogens with two attached hydrogens (primary N) is 1. The predicted octanol–water partition coefficient (Wildman–Crippen LogP) is 1.49. The van der Waals surface area contributed by atoms with Crippen LogP contribution in [0.5, 0.6) is 0 Å². The summed E-state index contributed by atoms with van der Waals surface area (Å²) in [6.45, 7) is 0. The number of H-pyrrole nitrogens is 1. The highest BCUT2D eigenvalue weighted by Crippen LogP contribution is 2.25. The van der Waals surface area contributed by atoms with Gasteiger partial charge < -0.3 is 10.5 Å². The summed E-state index contributed by atoms with van der Waals surface area (Å²) in [7, 11) is 1.27. The molecule has 0 aliphatic carbocycles. The van der Waals surface area contributed by atoms with Gasteiger partial charge in [0.05, 0.1) is 12.8 Å². The van der Waals surface area contributed by atoms with Crippen LogP contribution in [0.4, 0.5) is 5.82 Å². The van der Waals surface area contributed by atoms with Gasteiger partial charge in [0.2, 0.25) is 0 Å². The minimum absolute atomic E-state index is 0.0635. The van der Waals surface area contributed by atoms with Crippen molar-refractivity contribution in [2.75, 3.05) is 12.8 Å². The summed E-state index contributed by atoms with van der Waals surface area (Å²) in [6.07, 6.45) is 0. The molecule has 0 unspecified atom stereocenters. The van der Waals surface area contributed by atoms with Gasteiger partial charge in [-0.25, -0.2) is 9.78 Å². The maximum Gasteiger partial charge on any atom is 0.343 e. The smallest absolute Gasteiger partial charge is 0.343 e. The molecule has 0 amide bonds. The number of nitrogens with zero attached hydrogens (tertiary/aromatic N) is 2. The summed E-state index contributed by atoms with van der Waals surface area (Å²) in [6, 6.07) is 5.02. The third-order valence-electron chi connectivity index (χ3n) is 2.16. The molecule has 0 aliphatic rings. The van der Waals surface area contributed by atoms with E-state index in [1.165, 1.54) is 7.11 Å². The minimum Gasteiger partial charge on any atom is -0.465 e. The number of pyridine rings is 1. The van der Waals surface area contributed by atoms with Gasteiger partial charge in [-0.1, -0.05) is 17.7 Å². The third kappa shape index (κ3) is 2.07. The molecule has 6 nitrogen and oxygen atoms in total. The van der Waals surface area contributed by atoms with Crippen molar-refractivity contribution in [3.05, 3.63) is 28.9 Å². The Labute approximate surface area is 102 Å². The van der Waals surface area contributed by atoms with Gasteiger partial charge in [0.1, 0.15) is 16.4 Å². The fraction of sp³-hybridized carbons (Fsp3) is 0.100. The standard InChI is InChI=1S/C10H9ClN4O2/c1-17-10(16)7-8(14-15-9(7)12)5-3-2-4-6(11)13-5/h2-4H,1H3,(H3,12,14,15). The molecule has 0 saturated heterocycles. The lowest BCUT2D eigenvalue weighted by molar-refractivity contribution is 0.0603. The molecule has 0 fully saturated rings.